The first-order valence-corrected chi connectivity index (χ1v) is 10.3. The van der Waals surface area contributed by atoms with Crippen molar-refractivity contribution >= 4 is 52.5 Å². The fraction of sp³-hybridized carbons (Fsp3) is 0.158. The van der Waals surface area contributed by atoms with Gasteiger partial charge in [-0.1, -0.05) is 35.0 Å². The number of aromatic nitrogens is 3. The van der Waals surface area contributed by atoms with Gasteiger partial charge in [0.2, 0.25) is 11.1 Å². The topological polar surface area (TPSA) is 106 Å². The van der Waals surface area contributed by atoms with Crippen molar-refractivity contribution in [3.05, 3.63) is 63.9 Å². The summed E-state index contributed by atoms with van der Waals surface area (Å²) in [5, 5.41) is 10.8. The molecule has 0 saturated heterocycles. The number of carbonyl (C=O) groups excluding carboxylic acids is 2. The number of nitrogens with one attached hydrogen (secondary N) is 2. The van der Waals surface area contributed by atoms with E-state index in [2.05, 4.69) is 25.2 Å². The molecule has 0 aliphatic heterocycles. The molecule has 0 fully saturated rings. The number of aromatic amines is 1. The molecule has 0 saturated carbocycles. The van der Waals surface area contributed by atoms with Crippen molar-refractivity contribution in [2.45, 2.75) is 11.8 Å². The number of esters is 1. The largest absolute Gasteiger partial charge is 0.486 e. The molecule has 0 atom stereocenters. The van der Waals surface area contributed by atoms with Crippen LogP contribution in [0, 0.1) is 0 Å². The summed E-state index contributed by atoms with van der Waals surface area (Å²) in [5.41, 5.74) is 0.598. The Morgan fingerprint density at radius 2 is 1.93 bits per heavy atom. The minimum Gasteiger partial charge on any atom is -0.486 e. The summed E-state index contributed by atoms with van der Waals surface area (Å²) in [7, 11) is 1.28. The lowest BCUT2D eigenvalue weighted by atomic mass is 10.2. The van der Waals surface area contributed by atoms with E-state index in [1.54, 1.807) is 24.3 Å². The minimum atomic E-state index is -0.523. The van der Waals surface area contributed by atoms with Crippen LogP contribution in [-0.4, -0.2) is 39.9 Å². The van der Waals surface area contributed by atoms with Gasteiger partial charge in [-0.05, 0) is 42.5 Å². The van der Waals surface area contributed by atoms with E-state index in [0.29, 0.717) is 32.5 Å². The maximum Gasteiger partial charge on any atom is 0.337 e. The predicted octanol–water partition coefficient (Wildman–Crippen LogP) is 4.21. The molecule has 30 heavy (non-hydrogen) atoms. The highest BCUT2D eigenvalue weighted by atomic mass is 35.5. The third kappa shape index (κ3) is 6.12. The highest BCUT2D eigenvalue weighted by Gasteiger charge is 2.13. The molecule has 1 amide bonds. The molecule has 156 valence electrons. The predicted molar refractivity (Wildman–Crippen MR) is 114 cm³/mol. The second-order valence-corrected chi connectivity index (χ2v) is 7.62. The van der Waals surface area contributed by atoms with E-state index in [-0.39, 0.29) is 23.8 Å². The van der Waals surface area contributed by atoms with Crippen LogP contribution in [0.3, 0.4) is 0 Å². The van der Waals surface area contributed by atoms with Crippen molar-refractivity contribution < 1.29 is 19.1 Å². The first-order chi connectivity index (χ1) is 14.4. The van der Waals surface area contributed by atoms with Crippen LogP contribution in [0.2, 0.25) is 10.0 Å². The Bertz CT molecular complexity index is 1040. The van der Waals surface area contributed by atoms with Gasteiger partial charge in [-0.25, -0.2) is 9.78 Å². The minimum absolute atomic E-state index is 0.0497. The van der Waals surface area contributed by atoms with Crippen LogP contribution in [0.15, 0.2) is 47.6 Å². The Morgan fingerprint density at radius 3 is 2.67 bits per heavy atom. The van der Waals surface area contributed by atoms with Crippen LogP contribution in [0.1, 0.15) is 16.2 Å². The molecule has 0 radical (unpaired) electrons. The molecule has 0 bridgehead atoms. The Morgan fingerprint density at radius 1 is 1.17 bits per heavy atom. The van der Waals surface area contributed by atoms with Crippen LogP contribution in [0.5, 0.6) is 5.75 Å². The number of benzene rings is 2. The van der Waals surface area contributed by atoms with Crippen molar-refractivity contribution in [3.63, 3.8) is 0 Å². The standard InChI is InChI=1S/C19H16Cl2N4O4S/c1-28-18(27)11-2-7-14(21)15(8-11)22-17(26)10-30-19-23-16(24-25-19)9-29-13-5-3-12(20)4-6-13/h2-8H,9-10H2,1H3,(H,22,26)(H,23,24,25). The molecular weight excluding hydrogens is 451 g/mol. The Hall–Kier alpha value is -2.75. The fourth-order valence-corrected chi connectivity index (χ4v) is 3.18. The lowest BCUT2D eigenvalue weighted by Crippen LogP contribution is -2.15. The molecule has 0 aliphatic carbocycles. The number of halogens is 2. The number of nitrogens with zero attached hydrogens (tertiary/aromatic N) is 2. The van der Waals surface area contributed by atoms with Gasteiger partial charge in [0.25, 0.3) is 0 Å². The van der Waals surface area contributed by atoms with Gasteiger partial charge < -0.3 is 14.8 Å². The lowest BCUT2D eigenvalue weighted by molar-refractivity contribution is -0.113. The number of H-pyrrole nitrogens is 1. The van der Waals surface area contributed by atoms with Crippen LogP contribution in [0.25, 0.3) is 0 Å². The van der Waals surface area contributed by atoms with E-state index in [1.165, 1.54) is 25.3 Å². The molecule has 1 heterocycles. The SMILES string of the molecule is COC(=O)c1ccc(Cl)c(NC(=O)CSc2n[nH]c(COc3ccc(Cl)cc3)n2)c1. The fourth-order valence-electron chi connectivity index (χ4n) is 2.27. The molecule has 1 aromatic heterocycles. The second kappa shape index (κ2) is 10.3. The first kappa shape index (κ1) is 21.9. The van der Waals surface area contributed by atoms with Crippen molar-refractivity contribution in [2.24, 2.45) is 0 Å². The zero-order chi connectivity index (χ0) is 21.5. The average molecular weight is 467 g/mol. The van der Waals surface area contributed by atoms with Crippen LogP contribution >= 0.6 is 35.0 Å². The summed E-state index contributed by atoms with van der Waals surface area (Å²) < 4.78 is 10.2. The number of methoxy groups -OCH3 is 1. The van der Waals surface area contributed by atoms with Gasteiger partial charge in [0.15, 0.2) is 5.82 Å². The molecule has 3 rings (SSSR count). The molecule has 8 nitrogen and oxygen atoms in total. The third-order valence-electron chi connectivity index (χ3n) is 3.69. The molecule has 2 N–H and O–H groups in total. The Kier molecular flexibility index (Phi) is 7.56. The monoisotopic (exact) mass is 466 g/mol. The van der Waals surface area contributed by atoms with Crippen molar-refractivity contribution in [2.75, 3.05) is 18.2 Å². The summed E-state index contributed by atoms with van der Waals surface area (Å²) >= 11 is 13.1. The van der Waals surface area contributed by atoms with Crippen molar-refractivity contribution in [3.8, 4) is 5.75 Å². The highest BCUT2D eigenvalue weighted by Crippen LogP contribution is 2.24. The number of ether oxygens (including phenoxy) is 2. The van der Waals surface area contributed by atoms with Gasteiger partial charge in [0.1, 0.15) is 12.4 Å². The number of thioether (sulfide) groups is 1. The van der Waals surface area contributed by atoms with E-state index >= 15 is 0 Å². The number of rotatable bonds is 8. The van der Waals surface area contributed by atoms with Gasteiger partial charge in [-0.15, -0.1) is 5.10 Å². The summed E-state index contributed by atoms with van der Waals surface area (Å²) in [6.45, 7) is 0.192. The molecular formula is C19H16Cl2N4O4S. The van der Waals surface area contributed by atoms with Gasteiger partial charge in [0.05, 0.1) is 29.1 Å². The number of amides is 1. The number of hydrogen-bond acceptors (Lipinski definition) is 7. The van der Waals surface area contributed by atoms with E-state index in [0.717, 1.165) is 11.8 Å². The van der Waals surface area contributed by atoms with Crippen LogP contribution in [0.4, 0.5) is 5.69 Å². The Balaban J connectivity index is 1.50. The second-order valence-electron chi connectivity index (χ2n) is 5.83. The van der Waals surface area contributed by atoms with Crippen molar-refractivity contribution in [1.29, 1.82) is 0 Å². The van der Waals surface area contributed by atoms with E-state index in [4.69, 9.17) is 27.9 Å². The van der Waals surface area contributed by atoms with E-state index < -0.39 is 5.97 Å². The van der Waals surface area contributed by atoms with E-state index in [1.807, 2.05) is 0 Å². The maximum atomic E-state index is 12.2. The molecule has 0 unspecified atom stereocenters. The van der Waals surface area contributed by atoms with Crippen LogP contribution < -0.4 is 10.1 Å². The summed E-state index contributed by atoms with van der Waals surface area (Å²) in [4.78, 5) is 28.1. The lowest BCUT2D eigenvalue weighted by Gasteiger charge is -2.08. The number of hydrogen-bond donors (Lipinski definition) is 2. The van der Waals surface area contributed by atoms with Gasteiger partial charge in [-0.2, -0.15) is 0 Å². The summed E-state index contributed by atoms with van der Waals surface area (Å²) in [6.07, 6.45) is 0. The maximum absolute atomic E-state index is 12.2. The quantitative estimate of drug-likeness (QED) is 0.378. The first-order valence-electron chi connectivity index (χ1n) is 8.55. The normalized spacial score (nSPS) is 10.5. The number of anilines is 1. The Labute approximate surface area is 186 Å². The average Bonchev–Trinajstić information content (AvgIpc) is 3.21. The highest BCUT2D eigenvalue weighted by molar-refractivity contribution is 7.99. The van der Waals surface area contributed by atoms with Gasteiger partial charge in [0, 0.05) is 5.02 Å². The molecule has 0 spiro atoms. The molecule has 11 heteroatoms. The molecule has 3 aromatic rings. The summed E-state index contributed by atoms with van der Waals surface area (Å²) in [5.74, 6) is 0.365. The third-order valence-corrected chi connectivity index (χ3v) is 5.12. The number of carbonyl (C=O) groups is 2. The van der Waals surface area contributed by atoms with Gasteiger partial charge in [-0.3, -0.25) is 9.89 Å². The molecule has 0 aliphatic rings. The zero-order valence-electron chi connectivity index (χ0n) is 15.6. The van der Waals surface area contributed by atoms with E-state index in [9.17, 15) is 9.59 Å². The van der Waals surface area contributed by atoms with Crippen molar-refractivity contribution in [1.82, 2.24) is 15.2 Å². The summed E-state index contributed by atoms with van der Waals surface area (Å²) in [6, 6.07) is 11.4. The smallest absolute Gasteiger partial charge is 0.337 e. The van der Waals surface area contributed by atoms with Crippen LogP contribution in [-0.2, 0) is 16.1 Å². The zero-order valence-corrected chi connectivity index (χ0v) is 18.0. The van der Waals surface area contributed by atoms with Gasteiger partial charge >= 0.3 is 5.97 Å². The molecule has 2 aromatic carbocycles.